The number of carbonyl (C=O) groups is 1. The molecule has 28 heavy (non-hydrogen) atoms. The number of hydrogen-bond donors (Lipinski definition) is 3. The summed E-state index contributed by atoms with van der Waals surface area (Å²) in [5, 5.41) is 4.07. The van der Waals surface area contributed by atoms with Gasteiger partial charge in [-0.25, -0.2) is 9.37 Å². The van der Waals surface area contributed by atoms with Crippen molar-refractivity contribution in [3.8, 4) is 0 Å². The lowest BCUT2D eigenvalue weighted by Crippen LogP contribution is -3.29. The molecule has 3 N–H and O–H groups in total. The van der Waals surface area contributed by atoms with Gasteiger partial charge in [-0.2, -0.15) is 0 Å². The van der Waals surface area contributed by atoms with Gasteiger partial charge in [-0.1, -0.05) is 12.1 Å². The Hall–Kier alpha value is -2.35. The van der Waals surface area contributed by atoms with E-state index in [9.17, 15) is 9.18 Å². The molecule has 3 aromatic rings. The zero-order valence-corrected chi connectivity index (χ0v) is 16.7. The molecule has 2 heterocycles. The summed E-state index contributed by atoms with van der Waals surface area (Å²) in [5.74, 6) is -0.319. The average molecular weight is 401 g/mol. The molecular formula is C21H25FN4OS+2. The van der Waals surface area contributed by atoms with Gasteiger partial charge in [0.05, 0.1) is 10.2 Å². The fraction of sp³-hybridized carbons (Fsp3) is 0.333. The van der Waals surface area contributed by atoms with Crippen LogP contribution >= 0.6 is 11.3 Å². The van der Waals surface area contributed by atoms with Crippen LogP contribution in [-0.2, 0) is 11.3 Å². The standard InChI is InChI=1S/C21H23FN4OS/c1-15(21(27)23-17-8-6-16(22)7-9-17)26-12-10-25(11-13-26)14-20-24-18-4-2-3-5-19(18)28-20/h2-9,15H,10-14H2,1H3,(H,23,27)/p+2/t15-/m0/s1. The highest BCUT2D eigenvalue weighted by atomic mass is 32.1. The molecule has 2 aromatic carbocycles. The fourth-order valence-corrected chi connectivity index (χ4v) is 4.75. The molecule has 0 aliphatic carbocycles. The summed E-state index contributed by atoms with van der Waals surface area (Å²) >= 11 is 1.78. The first-order valence-electron chi connectivity index (χ1n) is 9.67. The van der Waals surface area contributed by atoms with Crippen LogP contribution in [0.15, 0.2) is 48.5 Å². The summed E-state index contributed by atoms with van der Waals surface area (Å²) in [4.78, 5) is 20.1. The van der Waals surface area contributed by atoms with Gasteiger partial charge in [0.2, 0.25) is 0 Å². The third-order valence-electron chi connectivity index (χ3n) is 5.46. The van der Waals surface area contributed by atoms with Crippen molar-refractivity contribution in [2.24, 2.45) is 0 Å². The molecule has 1 aromatic heterocycles. The van der Waals surface area contributed by atoms with E-state index in [1.807, 2.05) is 13.0 Å². The lowest BCUT2D eigenvalue weighted by atomic mass is 10.2. The minimum Gasteiger partial charge on any atom is -0.321 e. The summed E-state index contributed by atoms with van der Waals surface area (Å²) < 4.78 is 14.2. The zero-order valence-electron chi connectivity index (χ0n) is 15.9. The van der Waals surface area contributed by atoms with E-state index >= 15 is 0 Å². The van der Waals surface area contributed by atoms with E-state index in [2.05, 4.69) is 23.5 Å². The van der Waals surface area contributed by atoms with Crippen molar-refractivity contribution in [3.05, 3.63) is 59.4 Å². The molecule has 0 radical (unpaired) electrons. The lowest BCUT2D eigenvalue weighted by molar-refractivity contribution is -1.02. The first-order valence-corrected chi connectivity index (χ1v) is 10.5. The number of quaternary nitrogens is 2. The van der Waals surface area contributed by atoms with Crippen LogP contribution in [0, 0.1) is 5.82 Å². The molecular weight excluding hydrogens is 375 g/mol. The monoisotopic (exact) mass is 400 g/mol. The van der Waals surface area contributed by atoms with Crippen molar-refractivity contribution >= 4 is 33.1 Å². The van der Waals surface area contributed by atoms with Crippen LogP contribution in [0.1, 0.15) is 11.9 Å². The summed E-state index contributed by atoms with van der Waals surface area (Å²) in [6.07, 6.45) is 0. The van der Waals surface area contributed by atoms with E-state index in [4.69, 9.17) is 4.98 Å². The molecule has 0 spiro atoms. The van der Waals surface area contributed by atoms with Crippen molar-refractivity contribution in [1.82, 2.24) is 4.98 Å². The molecule has 146 valence electrons. The second-order valence-electron chi connectivity index (χ2n) is 7.38. The smallest absolute Gasteiger partial charge is 0.282 e. The van der Waals surface area contributed by atoms with Crippen molar-refractivity contribution < 1.29 is 19.0 Å². The van der Waals surface area contributed by atoms with E-state index in [1.165, 1.54) is 31.6 Å². The van der Waals surface area contributed by atoms with Gasteiger partial charge in [0.25, 0.3) is 5.91 Å². The van der Waals surface area contributed by atoms with Crippen LogP contribution in [0.25, 0.3) is 10.2 Å². The van der Waals surface area contributed by atoms with E-state index in [0.29, 0.717) is 5.69 Å². The molecule has 1 saturated heterocycles. The van der Waals surface area contributed by atoms with Crippen LogP contribution in [0.2, 0.25) is 0 Å². The Kier molecular flexibility index (Phi) is 5.66. The largest absolute Gasteiger partial charge is 0.321 e. The number of nitrogens with one attached hydrogen (secondary N) is 3. The molecule has 1 aliphatic rings. The third-order valence-corrected chi connectivity index (χ3v) is 6.49. The Morgan fingerprint density at radius 2 is 1.86 bits per heavy atom. The van der Waals surface area contributed by atoms with Gasteiger partial charge in [0.1, 0.15) is 43.5 Å². The van der Waals surface area contributed by atoms with Crippen LogP contribution in [0.4, 0.5) is 10.1 Å². The van der Waals surface area contributed by atoms with Gasteiger partial charge in [0, 0.05) is 5.69 Å². The van der Waals surface area contributed by atoms with E-state index in [1.54, 1.807) is 23.5 Å². The Morgan fingerprint density at radius 3 is 2.57 bits per heavy atom. The van der Waals surface area contributed by atoms with Crippen molar-refractivity contribution in [2.45, 2.75) is 19.5 Å². The maximum Gasteiger partial charge on any atom is 0.282 e. The summed E-state index contributed by atoms with van der Waals surface area (Å²) in [6.45, 7) is 6.88. The third kappa shape index (κ3) is 4.38. The number of fused-ring (bicyclic) bond motifs is 1. The maximum absolute atomic E-state index is 13.0. The Bertz CT molecular complexity index is 917. The van der Waals surface area contributed by atoms with Crippen molar-refractivity contribution in [3.63, 3.8) is 0 Å². The topological polar surface area (TPSA) is 50.9 Å². The van der Waals surface area contributed by atoms with E-state index in [0.717, 1.165) is 38.2 Å². The minimum atomic E-state index is -0.302. The first-order chi connectivity index (χ1) is 13.6. The number of halogens is 1. The molecule has 1 fully saturated rings. The van der Waals surface area contributed by atoms with Gasteiger partial charge in [-0.05, 0) is 43.3 Å². The quantitative estimate of drug-likeness (QED) is 0.592. The molecule has 1 aliphatic heterocycles. The number of nitrogens with zero attached hydrogens (tertiary/aromatic N) is 1. The number of amides is 1. The second kappa shape index (κ2) is 8.34. The van der Waals surface area contributed by atoms with Crippen LogP contribution in [0.3, 0.4) is 0 Å². The summed E-state index contributed by atoms with van der Waals surface area (Å²) in [6, 6.07) is 14.0. The Balaban J connectivity index is 1.29. The number of benzene rings is 2. The van der Waals surface area contributed by atoms with Gasteiger partial charge in [0.15, 0.2) is 6.04 Å². The first kappa shape index (κ1) is 19.0. The Labute approximate surface area is 167 Å². The molecule has 1 amide bonds. The van der Waals surface area contributed by atoms with Gasteiger partial charge < -0.3 is 15.1 Å². The number of anilines is 1. The number of hydrogen-bond acceptors (Lipinski definition) is 3. The molecule has 0 bridgehead atoms. The number of rotatable bonds is 5. The predicted octanol–water partition coefficient (Wildman–Crippen LogP) is 0.746. The lowest BCUT2D eigenvalue weighted by Gasteiger charge is -2.32. The maximum atomic E-state index is 13.0. The fourth-order valence-electron chi connectivity index (χ4n) is 3.71. The number of aromatic nitrogens is 1. The highest BCUT2D eigenvalue weighted by Gasteiger charge is 2.31. The van der Waals surface area contributed by atoms with Crippen molar-refractivity contribution in [2.75, 3.05) is 31.5 Å². The number of thiazole rings is 1. The Morgan fingerprint density at radius 1 is 1.14 bits per heavy atom. The average Bonchev–Trinajstić information content (AvgIpc) is 3.12. The molecule has 4 rings (SSSR count). The zero-order chi connectivity index (χ0) is 19.5. The second-order valence-corrected chi connectivity index (χ2v) is 8.49. The predicted molar refractivity (Wildman–Crippen MR) is 109 cm³/mol. The summed E-state index contributed by atoms with van der Waals surface area (Å²) in [5.41, 5.74) is 1.72. The number of piperazine rings is 1. The van der Waals surface area contributed by atoms with E-state index in [-0.39, 0.29) is 17.8 Å². The number of para-hydroxylation sites is 1. The molecule has 5 nitrogen and oxygen atoms in total. The highest BCUT2D eigenvalue weighted by molar-refractivity contribution is 7.18. The number of carbonyl (C=O) groups excluding carboxylic acids is 1. The van der Waals surface area contributed by atoms with Gasteiger partial charge >= 0.3 is 0 Å². The normalized spacial score (nSPS) is 20.8. The molecule has 1 atom stereocenters. The molecule has 0 unspecified atom stereocenters. The van der Waals surface area contributed by atoms with Crippen molar-refractivity contribution in [1.29, 1.82) is 0 Å². The molecule has 0 saturated carbocycles. The minimum absolute atomic E-state index is 0.0174. The van der Waals surface area contributed by atoms with Gasteiger partial charge in [-0.3, -0.25) is 4.79 Å². The highest BCUT2D eigenvalue weighted by Crippen LogP contribution is 2.20. The van der Waals surface area contributed by atoms with Crippen LogP contribution in [-0.4, -0.2) is 43.1 Å². The molecule has 7 heteroatoms. The SMILES string of the molecule is C[C@@H](C(=O)Nc1ccc(F)cc1)[NH+]1CC[NH+](Cc2nc3ccccc3s2)CC1. The summed E-state index contributed by atoms with van der Waals surface area (Å²) in [7, 11) is 0. The van der Waals surface area contributed by atoms with Gasteiger partial charge in [-0.15, -0.1) is 11.3 Å². The van der Waals surface area contributed by atoms with E-state index < -0.39 is 0 Å². The van der Waals surface area contributed by atoms with Crippen LogP contribution in [0.5, 0.6) is 0 Å². The van der Waals surface area contributed by atoms with Crippen LogP contribution < -0.4 is 15.1 Å².